The maximum Gasteiger partial charge on any atom is 0.253 e. The molecule has 0 saturated carbocycles. The van der Waals surface area contributed by atoms with E-state index in [9.17, 15) is 19.2 Å². The molecule has 11 heteroatoms. The summed E-state index contributed by atoms with van der Waals surface area (Å²) in [4.78, 5) is 52.9. The van der Waals surface area contributed by atoms with Crippen LogP contribution >= 0.6 is 47.1 Å². The van der Waals surface area contributed by atoms with Crippen LogP contribution in [0.15, 0.2) is 50.8 Å². The molecule has 2 amide bonds. The van der Waals surface area contributed by atoms with Crippen LogP contribution in [0.2, 0.25) is 0 Å². The minimum atomic E-state index is -0.697. The number of thiol groups is 1. The molecule has 0 aromatic carbocycles. The topological polar surface area (TPSA) is 96.7 Å². The van der Waals surface area contributed by atoms with Crippen molar-refractivity contribution in [3.8, 4) is 0 Å². The van der Waals surface area contributed by atoms with Gasteiger partial charge in [-0.3, -0.25) is 24.1 Å². The minimum Gasteiger partial charge on any atom is -0.459 e. The van der Waals surface area contributed by atoms with Crippen LogP contribution in [0.1, 0.15) is 9.75 Å². The summed E-state index contributed by atoms with van der Waals surface area (Å²) in [5.74, 6) is -0.186. The maximum absolute atomic E-state index is 12.9. The Hall–Kier alpha value is -2.34. The molecule has 2 aliphatic heterocycles. The first-order valence-corrected chi connectivity index (χ1v) is 12.4. The van der Waals surface area contributed by atoms with Crippen LogP contribution in [0.4, 0.5) is 0 Å². The Morgan fingerprint density at radius 3 is 2.87 bits per heavy atom. The van der Waals surface area contributed by atoms with Gasteiger partial charge in [0.1, 0.15) is 17.1 Å². The Bertz CT molecular complexity index is 1310. The first kappa shape index (κ1) is 20.6. The summed E-state index contributed by atoms with van der Waals surface area (Å²) in [6, 6.07) is 6.15. The summed E-state index contributed by atoms with van der Waals surface area (Å²) < 4.78 is 5.88. The summed E-state index contributed by atoms with van der Waals surface area (Å²) in [6.07, 6.45) is 1.65. The monoisotopic (exact) mass is 490 g/mol. The highest BCUT2D eigenvalue weighted by Gasteiger charge is 2.53. The van der Waals surface area contributed by atoms with Gasteiger partial charge in [0.25, 0.3) is 5.91 Å². The minimum absolute atomic E-state index is 0.166. The van der Waals surface area contributed by atoms with Crippen molar-refractivity contribution >= 4 is 79.8 Å². The van der Waals surface area contributed by atoms with Gasteiger partial charge in [0.2, 0.25) is 16.5 Å². The van der Waals surface area contributed by atoms with Gasteiger partial charge in [-0.2, -0.15) is 0 Å². The van der Waals surface area contributed by atoms with Crippen LogP contribution in [0.5, 0.6) is 0 Å². The van der Waals surface area contributed by atoms with E-state index in [1.807, 2.05) is 17.5 Å². The van der Waals surface area contributed by atoms with E-state index in [1.54, 1.807) is 6.07 Å². The lowest BCUT2D eigenvalue weighted by Crippen LogP contribution is -2.70. The highest BCUT2D eigenvalue weighted by molar-refractivity contribution is 8.00. The second-order valence-corrected chi connectivity index (χ2v) is 10.6. The number of hydrogen-bond donors (Lipinski definition) is 2. The number of hydrogen-bond acceptors (Lipinski definition) is 8. The lowest BCUT2D eigenvalue weighted by molar-refractivity contribution is -0.146. The van der Waals surface area contributed by atoms with E-state index in [0.29, 0.717) is 20.9 Å². The number of carbonyl (C=O) groups excluding carboxylic acids is 3. The fraction of sp³-hybridized carbons (Fsp3) is 0.200. The molecule has 2 aliphatic rings. The SMILES string of the molecule is O=C(Cc1cccs1)NC1C(=O)N2C(C(=O)S)=C(c3cc(=O)c4occc4s3)CS[C@H]12. The Labute approximate surface area is 193 Å². The number of β-lactam (4-membered cyclic amide) rings is 1. The Morgan fingerprint density at radius 2 is 2.13 bits per heavy atom. The zero-order valence-corrected chi connectivity index (χ0v) is 19.0. The largest absolute Gasteiger partial charge is 0.459 e. The van der Waals surface area contributed by atoms with Gasteiger partial charge < -0.3 is 9.73 Å². The molecule has 0 spiro atoms. The van der Waals surface area contributed by atoms with Crippen molar-refractivity contribution in [1.29, 1.82) is 0 Å². The van der Waals surface area contributed by atoms with E-state index < -0.39 is 11.2 Å². The molecule has 0 radical (unpaired) electrons. The maximum atomic E-state index is 12.9. The summed E-state index contributed by atoms with van der Waals surface area (Å²) in [6.45, 7) is 0. The van der Waals surface area contributed by atoms with Gasteiger partial charge in [0.15, 0.2) is 5.58 Å². The number of carbonyl (C=O) groups is 3. The Morgan fingerprint density at radius 1 is 1.29 bits per heavy atom. The molecule has 31 heavy (non-hydrogen) atoms. The smallest absolute Gasteiger partial charge is 0.253 e. The van der Waals surface area contributed by atoms with Gasteiger partial charge in [-0.25, -0.2) is 0 Å². The second kappa shape index (κ2) is 7.97. The lowest BCUT2D eigenvalue weighted by atomic mass is 10.0. The third-order valence-electron chi connectivity index (χ3n) is 5.03. The average molecular weight is 491 g/mol. The molecule has 7 nitrogen and oxygen atoms in total. The number of nitrogens with one attached hydrogen (secondary N) is 1. The quantitative estimate of drug-likeness (QED) is 0.422. The molecule has 3 aromatic heterocycles. The number of nitrogens with zero attached hydrogens (tertiary/aromatic N) is 1. The molecule has 0 aliphatic carbocycles. The summed E-state index contributed by atoms with van der Waals surface area (Å²) in [5.41, 5.74) is 0.735. The van der Waals surface area contributed by atoms with E-state index in [1.165, 1.54) is 51.7 Å². The molecule has 5 rings (SSSR count). The van der Waals surface area contributed by atoms with Gasteiger partial charge in [-0.1, -0.05) is 18.7 Å². The van der Waals surface area contributed by atoms with E-state index in [0.717, 1.165) is 4.88 Å². The predicted octanol–water partition coefficient (Wildman–Crippen LogP) is 2.73. The van der Waals surface area contributed by atoms with Crippen molar-refractivity contribution < 1.29 is 18.8 Å². The molecular weight excluding hydrogens is 476 g/mol. The van der Waals surface area contributed by atoms with E-state index in [-0.39, 0.29) is 40.3 Å². The fourth-order valence-electron chi connectivity index (χ4n) is 3.64. The third-order valence-corrected chi connectivity index (χ3v) is 8.53. The molecule has 0 bridgehead atoms. The fourth-order valence-corrected chi connectivity index (χ4v) is 7.10. The summed E-state index contributed by atoms with van der Waals surface area (Å²) >= 11 is 8.23. The first-order valence-electron chi connectivity index (χ1n) is 9.18. The van der Waals surface area contributed by atoms with Crippen molar-refractivity contribution in [1.82, 2.24) is 10.2 Å². The lowest BCUT2D eigenvalue weighted by Gasteiger charge is -2.49. The molecule has 1 saturated heterocycles. The summed E-state index contributed by atoms with van der Waals surface area (Å²) in [7, 11) is 0. The molecule has 2 atom stereocenters. The number of fused-ring (bicyclic) bond motifs is 2. The molecule has 1 fully saturated rings. The van der Waals surface area contributed by atoms with Gasteiger partial charge in [-0.05, 0) is 17.5 Å². The predicted molar refractivity (Wildman–Crippen MR) is 124 cm³/mol. The van der Waals surface area contributed by atoms with Crippen LogP contribution in [0, 0.1) is 0 Å². The second-order valence-electron chi connectivity index (χ2n) is 6.93. The van der Waals surface area contributed by atoms with Crippen LogP contribution in [-0.2, 0) is 20.8 Å². The van der Waals surface area contributed by atoms with Crippen LogP contribution in [-0.4, -0.2) is 39.0 Å². The van der Waals surface area contributed by atoms with Crippen LogP contribution in [0.3, 0.4) is 0 Å². The first-order chi connectivity index (χ1) is 14.9. The zero-order valence-electron chi connectivity index (χ0n) is 15.7. The van der Waals surface area contributed by atoms with Crippen molar-refractivity contribution in [2.75, 3.05) is 5.75 Å². The van der Waals surface area contributed by atoms with Gasteiger partial charge in [0, 0.05) is 27.1 Å². The standard InChI is InChI=1S/C20H14N2O5S4/c23-11-7-13(31-12-3-4-27-17(11)12)10-8-30-19-15(18(25)22(19)16(10)20(26)28)21-14(24)6-9-2-1-5-29-9/h1-5,7,15,19H,6,8H2,(H,21,24)(H,26,28)/t15?,19-/m1/s1. The highest BCUT2D eigenvalue weighted by Crippen LogP contribution is 2.44. The van der Waals surface area contributed by atoms with Gasteiger partial charge in [-0.15, -0.1) is 34.4 Å². The van der Waals surface area contributed by atoms with Crippen molar-refractivity contribution in [3.63, 3.8) is 0 Å². The van der Waals surface area contributed by atoms with Crippen molar-refractivity contribution in [2.24, 2.45) is 0 Å². The summed E-state index contributed by atoms with van der Waals surface area (Å²) in [5, 5.41) is 3.74. The van der Waals surface area contributed by atoms with Crippen molar-refractivity contribution in [2.45, 2.75) is 17.8 Å². The Kier molecular flexibility index (Phi) is 5.29. The Balaban J connectivity index is 1.43. The molecule has 5 heterocycles. The number of rotatable bonds is 5. The normalized spacial score (nSPS) is 20.5. The third kappa shape index (κ3) is 3.55. The zero-order chi connectivity index (χ0) is 21.7. The molecule has 158 valence electrons. The van der Waals surface area contributed by atoms with Gasteiger partial charge >= 0.3 is 0 Å². The van der Waals surface area contributed by atoms with E-state index in [4.69, 9.17) is 4.42 Å². The number of furan rings is 1. The number of thiophene rings is 1. The molecular formula is C20H14N2O5S4. The number of amides is 2. The average Bonchev–Trinajstić information content (AvgIpc) is 3.42. The molecule has 1 unspecified atom stereocenters. The van der Waals surface area contributed by atoms with E-state index >= 15 is 0 Å². The number of thioether (sulfide) groups is 1. The van der Waals surface area contributed by atoms with Crippen molar-refractivity contribution in [3.05, 3.63) is 61.6 Å². The van der Waals surface area contributed by atoms with Crippen LogP contribution in [0.25, 0.3) is 15.9 Å². The molecule has 3 aromatic rings. The molecule has 1 N–H and O–H groups in total. The highest BCUT2D eigenvalue weighted by atomic mass is 32.2. The van der Waals surface area contributed by atoms with Gasteiger partial charge in [0.05, 0.1) is 17.4 Å². The van der Waals surface area contributed by atoms with Crippen LogP contribution < -0.4 is 10.7 Å². The van der Waals surface area contributed by atoms with E-state index in [2.05, 4.69) is 17.9 Å².